The van der Waals surface area contributed by atoms with E-state index >= 15 is 0 Å². The van der Waals surface area contributed by atoms with Gasteiger partial charge in [0, 0.05) is 44.2 Å². The molecular formula is C19H19ClF3N3O3S. The molecule has 1 aromatic heterocycles. The minimum absolute atomic E-state index is 0.104. The topological polar surface area (TPSA) is 70.6 Å². The summed E-state index contributed by atoms with van der Waals surface area (Å²) in [6.45, 7) is 2.90. The molecule has 0 atom stereocenters. The normalized spacial score (nSPS) is 15.4. The molecule has 1 saturated heterocycles. The van der Waals surface area contributed by atoms with Crippen molar-refractivity contribution in [3.63, 3.8) is 0 Å². The van der Waals surface area contributed by atoms with Crippen molar-refractivity contribution >= 4 is 33.2 Å². The molecule has 1 fully saturated rings. The number of alkyl halides is 3. The summed E-state index contributed by atoms with van der Waals surface area (Å²) in [6.07, 6.45) is -2.71. The first-order chi connectivity index (χ1) is 13.9. The summed E-state index contributed by atoms with van der Waals surface area (Å²) in [6, 6.07) is 5.37. The van der Waals surface area contributed by atoms with Gasteiger partial charge in [-0.25, -0.2) is 13.4 Å². The Morgan fingerprint density at radius 3 is 2.30 bits per heavy atom. The number of rotatable bonds is 3. The van der Waals surface area contributed by atoms with E-state index in [0.717, 1.165) is 18.5 Å². The van der Waals surface area contributed by atoms with Gasteiger partial charge in [-0.2, -0.15) is 13.2 Å². The fourth-order valence-corrected chi connectivity index (χ4v) is 4.53. The molecule has 3 rings (SSSR count). The Kier molecular flexibility index (Phi) is 6.01. The molecule has 0 saturated carbocycles. The molecule has 2 aromatic rings. The first kappa shape index (κ1) is 22.4. The number of sulfone groups is 1. The molecule has 1 aliphatic rings. The smallest absolute Gasteiger partial charge is 0.352 e. The number of halogens is 4. The van der Waals surface area contributed by atoms with Crippen LogP contribution in [0, 0.1) is 6.92 Å². The van der Waals surface area contributed by atoms with Crippen LogP contribution in [0.2, 0.25) is 5.02 Å². The molecule has 0 unspecified atom stereocenters. The van der Waals surface area contributed by atoms with Gasteiger partial charge in [-0.3, -0.25) is 4.79 Å². The number of carbonyl (C=O) groups is 1. The van der Waals surface area contributed by atoms with E-state index in [0.29, 0.717) is 31.7 Å². The number of hydrogen-bond acceptors (Lipinski definition) is 5. The summed E-state index contributed by atoms with van der Waals surface area (Å²) in [5, 5.41) is -0.110. The fourth-order valence-electron chi connectivity index (χ4n) is 3.25. The van der Waals surface area contributed by atoms with Gasteiger partial charge < -0.3 is 9.80 Å². The van der Waals surface area contributed by atoms with E-state index in [-0.39, 0.29) is 27.2 Å². The Morgan fingerprint density at radius 1 is 1.13 bits per heavy atom. The lowest BCUT2D eigenvalue weighted by molar-refractivity contribution is -0.137. The molecule has 30 heavy (non-hydrogen) atoms. The summed E-state index contributed by atoms with van der Waals surface area (Å²) < 4.78 is 62.1. The van der Waals surface area contributed by atoms with Crippen molar-refractivity contribution in [3.8, 4) is 0 Å². The standard InChI is InChI=1S/C19H19ClF3N3O3S/c1-12-3-4-13(9-16(12)30(2,28)29)18(27)26-7-5-25(6-8-26)17-15(20)10-14(11-24-17)19(21,22)23/h3-4,9-11H,5-8H2,1-2H3. The van der Waals surface area contributed by atoms with Gasteiger partial charge in [0.2, 0.25) is 0 Å². The maximum atomic E-state index is 12.8. The van der Waals surface area contributed by atoms with Crippen LogP contribution in [0.15, 0.2) is 35.4 Å². The van der Waals surface area contributed by atoms with Crippen LogP contribution < -0.4 is 4.90 Å². The van der Waals surface area contributed by atoms with Crippen LogP contribution in [0.3, 0.4) is 0 Å². The third-order valence-corrected chi connectivity index (χ3v) is 6.37. The summed E-state index contributed by atoms with van der Waals surface area (Å²) in [4.78, 5) is 20.0. The van der Waals surface area contributed by atoms with E-state index in [1.54, 1.807) is 28.9 Å². The second-order valence-electron chi connectivity index (χ2n) is 7.06. The van der Waals surface area contributed by atoms with Gasteiger partial charge in [-0.05, 0) is 30.7 Å². The number of aromatic nitrogens is 1. The van der Waals surface area contributed by atoms with Crippen LogP contribution in [0.1, 0.15) is 21.5 Å². The van der Waals surface area contributed by atoms with Gasteiger partial charge >= 0.3 is 6.18 Å². The number of carbonyl (C=O) groups excluding carboxylic acids is 1. The zero-order valence-corrected chi connectivity index (χ0v) is 17.8. The Balaban J connectivity index is 1.73. The second-order valence-corrected chi connectivity index (χ2v) is 9.45. The third-order valence-electron chi connectivity index (χ3n) is 4.85. The number of amides is 1. The zero-order chi connectivity index (χ0) is 22.3. The highest BCUT2D eigenvalue weighted by molar-refractivity contribution is 7.90. The number of pyridine rings is 1. The SMILES string of the molecule is Cc1ccc(C(=O)N2CCN(c3ncc(C(F)(F)F)cc3Cl)CC2)cc1S(C)(=O)=O. The summed E-state index contributed by atoms with van der Waals surface area (Å²) in [5.41, 5.74) is -0.104. The largest absolute Gasteiger partial charge is 0.417 e. The molecule has 0 bridgehead atoms. The van der Waals surface area contributed by atoms with Crippen LogP contribution in [0.4, 0.5) is 19.0 Å². The fraction of sp³-hybridized carbons (Fsp3) is 0.368. The average molecular weight is 462 g/mol. The number of hydrogen-bond donors (Lipinski definition) is 0. The highest BCUT2D eigenvalue weighted by atomic mass is 35.5. The third kappa shape index (κ3) is 4.70. The Hall–Kier alpha value is -2.33. The Morgan fingerprint density at radius 2 is 1.77 bits per heavy atom. The summed E-state index contributed by atoms with van der Waals surface area (Å²) in [5.74, 6) is -0.0857. The van der Waals surface area contributed by atoms with Gasteiger partial charge in [-0.15, -0.1) is 0 Å². The number of piperazine rings is 1. The van der Waals surface area contributed by atoms with E-state index in [1.165, 1.54) is 6.07 Å². The van der Waals surface area contributed by atoms with Crippen molar-refractivity contribution in [1.82, 2.24) is 9.88 Å². The molecule has 1 amide bonds. The number of nitrogens with zero attached hydrogens (tertiary/aromatic N) is 3. The lowest BCUT2D eigenvalue weighted by atomic mass is 10.1. The lowest BCUT2D eigenvalue weighted by Crippen LogP contribution is -2.49. The predicted octanol–water partition coefficient (Wildman–Crippen LogP) is 3.43. The van der Waals surface area contributed by atoms with E-state index in [4.69, 9.17) is 11.6 Å². The first-order valence-electron chi connectivity index (χ1n) is 8.95. The maximum absolute atomic E-state index is 12.8. The summed E-state index contributed by atoms with van der Waals surface area (Å²) >= 11 is 6.00. The molecule has 0 N–H and O–H groups in total. The van der Waals surface area contributed by atoms with Gasteiger partial charge in [0.05, 0.1) is 15.5 Å². The van der Waals surface area contributed by atoms with Gasteiger partial charge in [0.25, 0.3) is 5.91 Å². The van der Waals surface area contributed by atoms with Gasteiger partial charge in [0.1, 0.15) is 5.82 Å². The average Bonchev–Trinajstić information content (AvgIpc) is 2.66. The number of aryl methyl sites for hydroxylation is 1. The minimum Gasteiger partial charge on any atom is -0.352 e. The first-order valence-corrected chi connectivity index (χ1v) is 11.2. The van der Waals surface area contributed by atoms with Crippen molar-refractivity contribution in [2.24, 2.45) is 0 Å². The molecular weight excluding hydrogens is 443 g/mol. The number of anilines is 1. The van der Waals surface area contributed by atoms with Crippen molar-refractivity contribution < 1.29 is 26.4 Å². The van der Waals surface area contributed by atoms with Crippen LogP contribution in [-0.2, 0) is 16.0 Å². The quantitative estimate of drug-likeness (QED) is 0.700. The molecule has 0 radical (unpaired) electrons. The molecule has 1 aromatic carbocycles. The van der Waals surface area contributed by atoms with Crippen molar-refractivity contribution in [3.05, 3.63) is 52.2 Å². The van der Waals surface area contributed by atoms with Crippen molar-refractivity contribution in [1.29, 1.82) is 0 Å². The molecule has 0 aliphatic carbocycles. The van der Waals surface area contributed by atoms with Crippen molar-refractivity contribution in [2.75, 3.05) is 37.3 Å². The van der Waals surface area contributed by atoms with E-state index < -0.39 is 21.6 Å². The van der Waals surface area contributed by atoms with E-state index in [2.05, 4.69) is 4.98 Å². The minimum atomic E-state index is -4.53. The highest BCUT2D eigenvalue weighted by Crippen LogP contribution is 2.33. The van der Waals surface area contributed by atoms with Crippen LogP contribution in [0.5, 0.6) is 0 Å². The predicted molar refractivity (Wildman–Crippen MR) is 107 cm³/mol. The highest BCUT2D eigenvalue weighted by Gasteiger charge is 2.32. The molecule has 6 nitrogen and oxygen atoms in total. The van der Waals surface area contributed by atoms with E-state index in [9.17, 15) is 26.4 Å². The summed E-state index contributed by atoms with van der Waals surface area (Å²) in [7, 11) is -3.47. The molecule has 0 spiro atoms. The molecule has 1 aliphatic heterocycles. The molecule has 162 valence electrons. The van der Waals surface area contributed by atoms with Crippen LogP contribution >= 0.6 is 11.6 Å². The zero-order valence-electron chi connectivity index (χ0n) is 16.2. The molecule has 11 heteroatoms. The van der Waals surface area contributed by atoms with E-state index in [1.807, 2.05) is 0 Å². The number of benzene rings is 1. The monoisotopic (exact) mass is 461 g/mol. The van der Waals surface area contributed by atoms with Crippen LogP contribution in [0.25, 0.3) is 0 Å². The van der Waals surface area contributed by atoms with Crippen LogP contribution in [-0.4, -0.2) is 56.6 Å². The second kappa shape index (κ2) is 8.07. The lowest BCUT2D eigenvalue weighted by Gasteiger charge is -2.36. The van der Waals surface area contributed by atoms with Crippen molar-refractivity contribution in [2.45, 2.75) is 18.0 Å². The Bertz CT molecular complexity index is 1080. The molecule has 2 heterocycles. The van der Waals surface area contributed by atoms with Gasteiger partial charge in [-0.1, -0.05) is 17.7 Å². The van der Waals surface area contributed by atoms with Gasteiger partial charge in [0.15, 0.2) is 9.84 Å². The maximum Gasteiger partial charge on any atom is 0.417 e. The Labute approximate surface area is 177 Å².